The van der Waals surface area contributed by atoms with Crippen LogP contribution < -0.4 is 10.6 Å². The Kier molecular flexibility index (Phi) is 8.44. The number of furan rings is 1. The van der Waals surface area contributed by atoms with E-state index < -0.39 is 6.04 Å². The summed E-state index contributed by atoms with van der Waals surface area (Å²) < 4.78 is 7.76. The van der Waals surface area contributed by atoms with E-state index in [2.05, 4.69) is 15.2 Å². The van der Waals surface area contributed by atoms with Gasteiger partial charge in [-0.3, -0.25) is 19.7 Å². The molecule has 0 unspecified atom stereocenters. The number of anilines is 1. The number of rotatable bonds is 7. The van der Waals surface area contributed by atoms with Gasteiger partial charge in [0.15, 0.2) is 0 Å². The highest BCUT2D eigenvalue weighted by Gasteiger charge is 2.30. The molecule has 2 aromatic heterocycles. The molecular weight excluding hydrogens is 544 g/mol. The molecule has 2 N–H and O–H groups in total. The fraction of sp³-hybridized carbons (Fsp3) is 0.394. The van der Waals surface area contributed by atoms with Crippen LogP contribution in [0, 0.1) is 6.92 Å². The maximum absolute atomic E-state index is 13.6. The molecule has 224 valence electrons. The van der Waals surface area contributed by atoms with Gasteiger partial charge in [-0.2, -0.15) is 0 Å². The second kappa shape index (κ2) is 12.7. The first-order valence-corrected chi connectivity index (χ1v) is 15.2. The fourth-order valence-corrected chi connectivity index (χ4v) is 5.99. The molecule has 6 rings (SSSR count). The van der Waals surface area contributed by atoms with Gasteiger partial charge < -0.3 is 24.1 Å². The number of fused-ring (bicyclic) bond motifs is 2. The summed E-state index contributed by atoms with van der Waals surface area (Å²) >= 11 is 0. The van der Waals surface area contributed by atoms with Gasteiger partial charge in [0.1, 0.15) is 17.4 Å². The van der Waals surface area contributed by atoms with Crippen LogP contribution in [0.15, 0.2) is 70.2 Å². The molecule has 3 amide bonds. The van der Waals surface area contributed by atoms with Crippen molar-refractivity contribution in [2.75, 3.05) is 31.5 Å². The molecule has 1 atom stereocenters. The molecule has 2 fully saturated rings. The maximum atomic E-state index is 13.6. The smallest absolute Gasteiger partial charge is 0.247 e. The Bertz CT molecular complexity index is 1660. The van der Waals surface area contributed by atoms with Crippen molar-refractivity contribution in [2.24, 2.45) is 4.99 Å². The topological polar surface area (TPSA) is 112 Å². The number of likely N-dealkylation sites (tertiary alicyclic amines) is 2. The lowest BCUT2D eigenvalue weighted by atomic mass is 10.1. The molecule has 0 radical (unpaired) electrons. The molecule has 2 aliphatic heterocycles. The van der Waals surface area contributed by atoms with Crippen LogP contribution in [0.5, 0.6) is 0 Å². The van der Waals surface area contributed by atoms with Crippen LogP contribution in [-0.4, -0.2) is 70.3 Å². The third-order valence-electron chi connectivity index (χ3n) is 8.24. The predicted octanol–water partition coefficient (Wildman–Crippen LogP) is 4.67. The van der Waals surface area contributed by atoms with Crippen LogP contribution in [0.2, 0.25) is 0 Å². The molecule has 10 nitrogen and oxygen atoms in total. The Hall–Kier alpha value is -4.60. The number of nitrogens with one attached hydrogen (secondary N) is 2. The minimum Gasteiger partial charge on any atom is -0.461 e. The monoisotopic (exact) mass is 582 g/mol. The first-order chi connectivity index (χ1) is 20.9. The molecule has 2 saturated heterocycles. The van der Waals surface area contributed by atoms with Crippen molar-refractivity contribution in [1.29, 1.82) is 0 Å². The number of guanidine groups is 1. The van der Waals surface area contributed by atoms with E-state index in [4.69, 9.17) is 9.41 Å². The number of benzene rings is 2. The quantitative estimate of drug-likeness (QED) is 0.243. The number of amides is 3. The number of para-hydroxylation sites is 1. The standard InChI is InChI=1S/C33H38N6O4/c1-23-20-25-21-26(11-12-29(25)43-23)34-33(36-30(40)14-19-37-18-13-24-8-2-3-10-28(24)37)35-27-9-4-5-17-39(32(27)42)22-31(41)38-15-6-7-16-38/h2-3,8,10-13,18,20-21,27H,4-7,9,14-17,19,22H2,1H3,(H2,34,35,36,40)/t27-/m0/s1. The van der Waals surface area contributed by atoms with Gasteiger partial charge in [-0.25, -0.2) is 4.99 Å². The highest BCUT2D eigenvalue weighted by Crippen LogP contribution is 2.23. The van der Waals surface area contributed by atoms with Crippen molar-refractivity contribution >= 4 is 51.2 Å². The second-order valence-corrected chi connectivity index (χ2v) is 11.4. The molecule has 0 spiro atoms. The Morgan fingerprint density at radius 1 is 0.977 bits per heavy atom. The van der Waals surface area contributed by atoms with E-state index >= 15 is 0 Å². The number of hydrogen-bond donors (Lipinski definition) is 2. The van der Waals surface area contributed by atoms with Gasteiger partial charge in [0.05, 0.1) is 6.54 Å². The summed E-state index contributed by atoms with van der Waals surface area (Å²) in [6.07, 6.45) is 6.38. The van der Waals surface area contributed by atoms with Crippen molar-refractivity contribution in [3.8, 4) is 0 Å². The van der Waals surface area contributed by atoms with Gasteiger partial charge in [-0.15, -0.1) is 0 Å². The number of aryl methyl sites for hydroxylation is 2. The lowest BCUT2D eigenvalue weighted by Crippen LogP contribution is -2.45. The zero-order valence-corrected chi connectivity index (χ0v) is 24.6. The van der Waals surface area contributed by atoms with Gasteiger partial charge in [0.25, 0.3) is 0 Å². The SMILES string of the molecule is Cc1cc2cc(NC(=N[C@H]3CCCCN(CC(=O)N4CCCC4)C3=O)NC(=O)CCn3ccc4ccccc43)ccc2o1. The van der Waals surface area contributed by atoms with E-state index in [0.717, 1.165) is 66.4 Å². The third-order valence-corrected chi connectivity index (χ3v) is 8.24. The summed E-state index contributed by atoms with van der Waals surface area (Å²) in [4.78, 5) is 48.0. The van der Waals surface area contributed by atoms with Crippen molar-refractivity contribution in [1.82, 2.24) is 19.7 Å². The molecule has 10 heteroatoms. The number of hydrogen-bond acceptors (Lipinski definition) is 5. The largest absolute Gasteiger partial charge is 0.461 e. The van der Waals surface area contributed by atoms with E-state index in [0.29, 0.717) is 25.2 Å². The summed E-state index contributed by atoms with van der Waals surface area (Å²) in [5.74, 6) is 0.612. The summed E-state index contributed by atoms with van der Waals surface area (Å²) in [5.41, 5.74) is 2.55. The van der Waals surface area contributed by atoms with Crippen LogP contribution in [0.25, 0.3) is 21.9 Å². The van der Waals surface area contributed by atoms with Gasteiger partial charge in [0, 0.05) is 55.4 Å². The molecule has 43 heavy (non-hydrogen) atoms. The first-order valence-electron chi connectivity index (χ1n) is 15.2. The molecule has 2 aromatic carbocycles. The first kappa shape index (κ1) is 28.5. The Morgan fingerprint density at radius 2 is 1.79 bits per heavy atom. The fourth-order valence-electron chi connectivity index (χ4n) is 5.99. The van der Waals surface area contributed by atoms with E-state index in [1.807, 2.05) is 72.6 Å². The molecule has 2 aliphatic rings. The minimum atomic E-state index is -0.704. The van der Waals surface area contributed by atoms with Crippen molar-refractivity contribution in [3.63, 3.8) is 0 Å². The normalized spacial score (nSPS) is 17.9. The Morgan fingerprint density at radius 3 is 2.65 bits per heavy atom. The molecular formula is C33H38N6O4. The molecule has 0 aliphatic carbocycles. The summed E-state index contributed by atoms with van der Waals surface area (Å²) in [6, 6.07) is 17.0. The average Bonchev–Trinajstić information content (AvgIpc) is 3.74. The third kappa shape index (κ3) is 6.74. The Labute approximate surface area is 250 Å². The zero-order valence-electron chi connectivity index (χ0n) is 24.6. The summed E-state index contributed by atoms with van der Waals surface area (Å²) in [7, 11) is 0. The summed E-state index contributed by atoms with van der Waals surface area (Å²) in [5, 5.41) is 8.22. The van der Waals surface area contributed by atoms with Crippen molar-refractivity contribution in [3.05, 3.63) is 66.6 Å². The second-order valence-electron chi connectivity index (χ2n) is 11.4. The van der Waals surface area contributed by atoms with E-state index in [9.17, 15) is 14.4 Å². The number of carbonyl (C=O) groups excluding carboxylic acids is 3. The molecule has 0 bridgehead atoms. The highest BCUT2D eigenvalue weighted by molar-refractivity contribution is 6.06. The van der Waals surface area contributed by atoms with Crippen LogP contribution in [-0.2, 0) is 20.9 Å². The predicted molar refractivity (Wildman–Crippen MR) is 167 cm³/mol. The number of aliphatic imine (C=N–C) groups is 1. The van der Waals surface area contributed by atoms with Crippen LogP contribution >= 0.6 is 0 Å². The van der Waals surface area contributed by atoms with Crippen molar-refractivity contribution < 1.29 is 18.8 Å². The van der Waals surface area contributed by atoms with Gasteiger partial charge in [-0.05, 0) is 80.8 Å². The number of aromatic nitrogens is 1. The lowest BCUT2D eigenvalue weighted by molar-refractivity contribution is -0.140. The molecule has 4 heterocycles. The van der Waals surface area contributed by atoms with E-state index in [1.54, 1.807) is 4.90 Å². The van der Waals surface area contributed by atoms with E-state index in [-0.39, 0.29) is 36.6 Å². The zero-order chi connectivity index (χ0) is 29.8. The van der Waals surface area contributed by atoms with Crippen LogP contribution in [0.1, 0.15) is 44.3 Å². The molecule has 0 saturated carbocycles. The van der Waals surface area contributed by atoms with Crippen molar-refractivity contribution in [2.45, 2.75) is 58.0 Å². The Balaban J connectivity index is 1.20. The van der Waals surface area contributed by atoms with Gasteiger partial charge >= 0.3 is 0 Å². The van der Waals surface area contributed by atoms with Gasteiger partial charge in [0.2, 0.25) is 23.7 Å². The maximum Gasteiger partial charge on any atom is 0.247 e. The number of carbonyl (C=O) groups is 3. The van der Waals surface area contributed by atoms with Gasteiger partial charge in [-0.1, -0.05) is 18.2 Å². The molecule has 4 aromatic rings. The van der Waals surface area contributed by atoms with Crippen LogP contribution in [0.4, 0.5) is 5.69 Å². The van der Waals surface area contributed by atoms with Crippen LogP contribution in [0.3, 0.4) is 0 Å². The average molecular weight is 583 g/mol. The highest BCUT2D eigenvalue weighted by atomic mass is 16.3. The van der Waals surface area contributed by atoms with E-state index in [1.165, 1.54) is 0 Å². The minimum absolute atomic E-state index is 0.0108. The lowest BCUT2D eigenvalue weighted by Gasteiger charge is -2.25. The summed E-state index contributed by atoms with van der Waals surface area (Å²) in [6.45, 7) is 4.50. The number of nitrogens with zero attached hydrogens (tertiary/aromatic N) is 4.